The van der Waals surface area contributed by atoms with E-state index < -0.39 is 0 Å². The Morgan fingerprint density at radius 2 is 2.18 bits per heavy atom. The topological polar surface area (TPSA) is 74.8 Å². The van der Waals surface area contributed by atoms with Gasteiger partial charge in [-0.15, -0.1) is 0 Å². The largest absolute Gasteiger partial charge is 0.468 e. The third kappa shape index (κ3) is 4.11. The lowest BCUT2D eigenvalue weighted by Gasteiger charge is -2.24. The van der Waals surface area contributed by atoms with Gasteiger partial charge in [0.15, 0.2) is 0 Å². The molecule has 2 aromatic rings. The molecular weight excluding hydrogens is 284 g/mol. The van der Waals surface area contributed by atoms with Gasteiger partial charge in [-0.05, 0) is 33.2 Å². The van der Waals surface area contributed by atoms with E-state index in [4.69, 9.17) is 8.94 Å². The average Bonchev–Trinajstić information content (AvgIpc) is 3.10. The normalized spacial score (nSPS) is 12.4. The van der Waals surface area contributed by atoms with E-state index in [1.165, 1.54) is 0 Å². The van der Waals surface area contributed by atoms with Crippen molar-refractivity contribution in [2.75, 3.05) is 27.7 Å². The van der Waals surface area contributed by atoms with Gasteiger partial charge in [0, 0.05) is 19.7 Å². The van der Waals surface area contributed by atoms with Crippen LogP contribution < -0.4 is 5.32 Å². The lowest BCUT2D eigenvalue weighted by Crippen LogP contribution is -2.41. The maximum absolute atomic E-state index is 12.2. The fourth-order valence-corrected chi connectivity index (χ4v) is 2.14. The molecule has 0 saturated heterocycles. The van der Waals surface area contributed by atoms with Crippen LogP contribution in [0, 0.1) is 6.92 Å². The number of hydrogen-bond acceptors (Lipinski definition) is 5. The van der Waals surface area contributed by atoms with E-state index in [1.807, 2.05) is 44.1 Å². The molecular formula is C15H22N4O3. The molecule has 0 aromatic carbocycles. The Labute approximate surface area is 129 Å². The molecule has 0 aliphatic heterocycles. The summed E-state index contributed by atoms with van der Waals surface area (Å²) in [7, 11) is 5.61. The van der Waals surface area contributed by atoms with Crippen LogP contribution in [0.2, 0.25) is 0 Å². The summed E-state index contributed by atoms with van der Waals surface area (Å²) in [5, 5.41) is 6.79. The zero-order chi connectivity index (χ0) is 16.1. The number of urea groups is 1. The molecule has 2 aromatic heterocycles. The summed E-state index contributed by atoms with van der Waals surface area (Å²) < 4.78 is 10.4. The molecule has 0 aliphatic carbocycles. The minimum Gasteiger partial charge on any atom is -0.468 e. The molecule has 0 saturated carbocycles. The van der Waals surface area contributed by atoms with Crippen LogP contribution in [0.5, 0.6) is 0 Å². The molecule has 120 valence electrons. The lowest BCUT2D eigenvalue weighted by molar-refractivity contribution is 0.196. The number of carbonyl (C=O) groups is 1. The van der Waals surface area contributed by atoms with Crippen LogP contribution in [0.15, 0.2) is 33.4 Å². The van der Waals surface area contributed by atoms with Crippen molar-refractivity contribution in [2.45, 2.75) is 19.5 Å². The summed E-state index contributed by atoms with van der Waals surface area (Å²) >= 11 is 0. The van der Waals surface area contributed by atoms with Gasteiger partial charge in [-0.25, -0.2) is 4.79 Å². The smallest absolute Gasteiger partial charge is 0.317 e. The minimum absolute atomic E-state index is 0.0124. The molecule has 7 heteroatoms. The van der Waals surface area contributed by atoms with Gasteiger partial charge in [-0.3, -0.25) is 4.90 Å². The van der Waals surface area contributed by atoms with E-state index in [2.05, 4.69) is 10.5 Å². The lowest BCUT2D eigenvalue weighted by atomic mass is 10.2. The quantitative estimate of drug-likeness (QED) is 0.883. The highest BCUT2D eigenvalue weighted by Gasteiger charge is 2.19. The second-order valence-corrected chi connectivity index (χ2v) is 5.47. The van der Waals surface area contributed by atoms with Crippen molar-refractivity contribution in [2.24, 2.45) is 0 Å². The summed E-state index contributed by atoms with van der Waals surface area (Å²) in [6.45, 7) is 2.68. The van der Waals surface area contributed by atoms with E-state index in [0.29, 0.717) is 13.1 Å². The number of carbonyl (C=O) groups excluding carboxylic acids is 1. The van der Waals surface area contributed by atoms with E-state index in [0.717, 1.165) is 17.2 Å². The van der Waals surface area contributed by atoms with Crippen LogP contribution in [0.1, 0.15) is 23.3 Å². The van der Waals surface area contributed by atoms with Crippen LogP contribution in [0.25, 0.3) is 0 Å². The molecule has 1 unspecified atom stereocenters. The summed E-state index contributed by atoms with van der Waals surface area (Å²) in [4.78, 5) is 15.7. The van der Waals surface area contributed by atoms with Crippen molar-refractivity contribution in [3.8, 4) is 0 Å². The second-order valence-electron chi connectivity index (χ2n) is 5.47. The number of nitrogens with zero attached hydrogens (tertiary/aromatic N) is 3. The number of likely N-dealkylation sites (N-methyl/N-ethyl adjacent to an activating group) is 1. The van der Waals surface area contributed by atoms with Gasteiger partial charge in [0.25, 0.3) is 0 Å². The fraction of sp³-hybridized carbons (Fsp3) is 0.467. The average molecular weight is 306 g/mol. The molecule has 0 aliphatic rings. The first-order valence-electron chi connectivity index (χ1n) is 7.08. The number of rotatable bonds is 6. The number of aryl methyl sites for hydroxylation is 1. The molecule has 2 heterocycles. The predicted octanol–water partition coefficient (Wildman–Crippen LogP) is 2.02. The van der Waals surface area contributed by atoms with Crippen molar-refractivity contribution < 1.29 is 13.7 Å². The zero-order valence-electron chi connectivity index (χ0n) is 13.4. The van der Waals surface area contributed by atoms with Crippen LogP contribution in [-0.2, 0) is 6.54 Å². The van der Waals surface area contributed by atoms with E-state index in [-0.39, 0.29) is 12.1 Å². The van der Waals surface area contributed by atoms with Gasteiger partial charge in [0.2, 0.25) is 0 Å². The highest BCUT2D eigenvalue weighted by molar-refractivity contribution is 5.73. The third-order valence-corrected chi connectivity index (χ3v) is 3.36. The molecule has 7 nitrogen and oxygen atoms in total. The third-order valence-electron chi connectivity index (χ3n) is 3.36. The summed E-state index contributed by atoms with van der Waals surface area (Å²) in [5.74, 6) is 1.55. The Bertz CT molecular complexity index is 592. The summed E-state index contributed by atoms with van der Waals surface area (Å²) in [5.41, 5.74) is 0.727. The number of hydrogen-bond donors (Lipinski definition) is 1. The van der Waals surface area contributed by atoms with Gasteiger partial charge < -0.3 is 19.2 Å². The second kappa shape index (κ2) is 7.13. The predicted molar refractivity (Wildman–Crippen MR) is 81.2 cm³/mol. The van der Waals surface area contributed by atoms with Gasteiger partial charge in [-0.1, -0.05) is 5.16 Å². The van der Waals surface area contributed by atoms with E-state index in [1.54, 1.807) is 18.2 Å². The number of aromatic nitrogens is 1. The molecule has 1 atom stereocenters. The zero-order valence-corrected chi connectivity index (χ0v) is 13.4. The molecule has 0 radical (unpaired) electrons. The Morgan fingerprint density at radius 3 is 2.73 bits per heavy atom. The maximum Gasteiger partial charge on any atom is 0.317 e. The first kappa shape index (κ1) is 16.1. The monoisotopic (exact) mass is 306 g/mol. The van der Waals surface area contributed by atoms with Crippen molar-refractivity contribution in [3.63, 3.8) is 0 Å². The van der Waals surface area contributed by atoms with E-state index in [9.17, 15) is 4.79 Å². The maximum atomic E-state index is 12.2. The van der Waals surface area contributed by atoms with E-state index >= 15 is 0 Å². The van der Waals surface area contributed by atoms with Crippen LogP contribution in [-0.4, -0.2) is 48.7 Å². The Morgan fingerprint density at radius 1 is 1.41 bits per heavy atom. The highest BCUT2D eigenvalue weighted by Crippen LogP contribution is 2.17. The van der Waals surface area contributed by atoms with Crippen molar-refractivity contribution in [3.05, 3.63) is 41.7 Å². The Kier molecular flexibility index (Phi) is 5.21. The molecule has 2 rings (SSSR count). The molecule has 2 amide bonds. The van der Waals surface area contributed by atoms with Gasteiger partial charge >= 0.3 is 6.03 Å². The van der Waals surface area contributed by atoms with Crippen molar-refractivity contribution >= 4 is 6.03 Å². The van der Waals surface area contributed by atoms with Crippen LogP contribution in [0.3, 0.4) is 0 Å². The number of amides is 2. The number of furan rings is 1. The van der Waals surface area contributed by atoms with Crippen LogP contribution in [0.4, 0.5) is 4.79 Å². The van der Waals surface area contributed by atoms with Gasteiger partial charge in [0.05, 0.1) is 18.8 Å². The molecule has 1 N–H and O–H groups in total. The fourth-order valence-electron chi connectivity index (χ4n) is 2.14. The molecule has 0 bridgehead atoms. The van der Waals surface area contributed by atoms with Crippen molar-refractivity contribution in [1.82, 2.24) is 20.3 Å². The molecule has 0 spiro atoms. The first-order chi connectivity index (χ1) is 10.5. The Hall–Kier alpha value is -2.28. The molecule has 22 heavy (non-hydrogen) atoms. The van der Waals surface area contributed by atoms with Crippen LogP contribution >= 0.6 is 0 Å². The van der Waals surface area contributed by atoms with Crippen molar-refractivity contribution in [1.29, 1.82) is 0 Å². The highest BCUT2D eigenvalue weighted by atomic mass is 16.5. The molecule has 0 fully saturated rings. The number of nitrogens with one attached hydrogen (secondary N) is 1. The van der Waals surface area contributed by atoms with Gasteiger partial charge in [-0.2, -0.15) is 0 Å². The SMILES string of the molecule is Cc1cc(CN(C)C(=O)NCC(c2ccco2)N(C)C)no1. The summed E-state index contributed by atoms with van der Waals surface area (Å²) in [6, 6.07) is 5.38. The standard InChI is InChI=1S/C15H22N4O3/c1-11-8-12(17-22-11)10-19(4)15(20)16-9-13(18(2)3)14-6-5-7-21-14/h5-8,13H,9-10H2,1-4H3,(H,16,20). The van der Waals surface area contributed by atoms with Gasteiger partial charge in [0.1, 0.15) is 17.2 Å². The minimum atomic E-state index is -0.168. The Balaban J connectivity index is 1.88. The first-order valence-corrected chi connectivity index (χ1v) is 7.08. The summed E-state index contributed by atoms with van der Waals surface area (Å²) in [6.07, 6.45) is 1.63.